The smallest absolute Gasteiger partial charge is 0.119 e. The first-order chi connectivity index (χ1) is 9.60. The van der Waals surface area contributed by atoms with E-state index in [4.69, 9.17) is 15.5 Å². The lowest BCUT2D eigenvalue weighted by atomic mass is 9.92. The molecule has 1 aromatic heterocycles. The highest BCUT2D eigenvalue weighted by molar-refractivity contribution is 5.85. The maximum atomic E-state index is 6.25. The van der Waals surface area contributed by atoms with E-state index < -0.39 is 0 Å². The number of methoxy groups -OCH3 is 1. The molecule has 0 radical (unpaired) electrons. The quantitative estimate of drug-likeness (QED) is 0.910. The van der Waals surface area contributed by atoms with Crippen molar-refractivity contribution in [3.05, 3.63) is 35.0 Å². The van der Waals surface area contributed by atoms with Crippen LogP contribution in [0.5, 0.6) is 5.75 Å². The maximum absolute atomic E-state index is 6.25. The number of likely N-dealkylation sites (N-methyl/N-ethyl adjacent to an activating group) is 1. The predicted octanol–water partition coefficient (Wildman–Crippen LogP) is 2.25. The Morgan fingerprint density at radius 1 is 1.40 bits per heavy atom. The first kappa shape index (κ1) is 13.3. The molecule has 0 amide bonds. The summed E-state index contributed by atoms with van der Waals surface area (Å²) >= 11 is 0. The van der Waals surface area contributed by atoms with Crippen LogP contribution in [0.2, 0.25) is 0 Å². The normalized spacial score (nSPS) is 17.0. The molecule has 3 rings (SSSR count). The highest BCUT2D eigenvalue weighted by Gasteiger charge is 2.22. The van der Waals surface area contributed by atoms with Gasteiger partial charge in [-0.2, -0.15) is 0 Å². The van der Waals surface area contributed by atoms with Crippen molar-refractivity contribution >= 4 is 10.9 Å². The summed E-state index contributed by atoms with van der Waals surface area (Å²) in [5.41, 5.74) is 11.0. The van der Waals surface area contributed by atoms with E-state index >= 15 is 0 Å². The summed E-state index contributed by atoms with van der Waals surface area (Å²) in [6, 6.07) is 6.03. The van der Waals surface area contributed by atoms with Crippen LogP contribution >= 0.6 is 0 Å². The van der Waals surface area contributed by atoms with Crippen molar-refractivity contribution < 1.29 is 4.74 Å². The Morgan fingerprint density at radius 3 is 2.90 bits per heavy atom. The van der Waals surface area contributed by atoms with Gasteiger partial charge in [0.25, 0.3) is 0 Å². The zero-order valence-corrected chi connectivity index (χ0v) is 12.3. The second-order valence-corrected chi connectivity index (χ2v) is 5.61. The van der Waals surface area contributed by atoms with Gasteiger partial charge in [0.15, 0.2) is 0 Å². The molecule has 1 aliphatic rings. The van der Waals surface area contributed by atoms with Crippen molar-refractivity contribution in [3.8, 4) is 5.75 Å². The first-order valence-electron chi connectivity index (χ1n) is 7.03. The highest BCUT2D eigenvalue weighted by atomic mass is 16.5. The van der Waals surface area contributed by atoms with Crippen molar-refractivity contribution in [2.75, 3.05) is 20.7 Å². The largest absolute Gasteiger partial charge is 0.497 e. The van der Waals surface area contributed by atoms with E-state index in [1.807, 2.05) is 19.1 Å². The van der Waals surface area contributed by atoms with Gasteiger partial charge in [-0.15, -0.1) is 0 Å². The number of hydrogen-bond acceptors (Lipinski definition) is 4. The van der Waals surface area contributed by atoms with E-state index in [1.54, 1.807) is 7.11 Å². The molecule has 20 heavy (non-hydrogen) atoms. The molecule has 1 aliphatic heterocycles. The van der Waals surface area contributed by atoms with Gasteiger partial charge in [0.2, 0.25) is 0 Å². The average molecular weight is 271 g/mol. The molecular formula is C16H21N3O. The van der Waals surface area contributed by atoms with Gasteiger partial charge in [0.05, 0.1) is 12.6 Å². The minimum Gasteiger partial charge on any atom is -0.497 e. The maximum Gasteiger partial charge on any atom is 0.119 e. The molecule has 1 aromatic carbocycles. The minimum atomic E-state index is -0.00661. The number of ether oxygens (including phenoxy) is 1. The lowest BCUT2D eigenvalue weighted by molar-refractivity contribution is 0.308. The number of rotatable bonds is 2. The molecule has 0 spiro atoms. The molecule has 0 bridgehead atoms. The highest BCUT2D eigenvalue weighted by Crippen LogP contribution is 2.32. The van der Waals surface area contributed by atoms with Crippen LogP contribution in [0.15, 0.2) is 18.2 Å². The Labute approximate surface area is 119 Å². The van der Waals surface area contributed by atoms with Crippen LogP contribution in [0, 0.1) is 0 Å². The summed E-state index contributed by atoms with van der Waals surface area (Å²) in [7, 11) is 3.83. The average Bonchev–Trinajstić information content (AvgIpc) is 2.43. The molecule has 1 unspecified atom stereocenters. The van der Waals surface area contributed by atoms with Crippen molar-refractivity contribution in [3.63, 3.8) is 0 Å². The van der Waals surface area contributed by atoms with E-state index in [2.05, 4.69) is 18.0 Å². The molecule has 2 heterocycles. The van der Waals surface area contributed by atoms with Gasteiger partial charge in [-0.05, 0) is 43.3 Å². The Balaban J connectivity index is 2.31. The van der Waals surface area contributed by atoms with Gasteiger partial charge >= 0.3 is 0 Å². The molecule has 4 heteroatoms. The summed E-state index contributed by atoms with van der Waals surface area (Å²) in [5.74, 6) is 0.852. The number of aromatic nitrogens is 1. The van der Waals surface area contributed by atoms with Crippen LogP contribution in [0.4, 0.5) is 0 Å². The summed E-state index contributed by atoms with van der Waals surface area (Å²) in [6.07, 6.45) is 0.994. The Morgan fingerprint density at radius 2 is 2.20 bits per heavy atom. The Hall–Kier alpha value is -1.65. The van der Waals surface area contributed by atoms with Gasteiger partial charge in [-0.1, -0.05) is 0 Å². The van der Waals surface area contributed by atoms with E-state index in [0.29, 0.717) is 0 Å². The summed E-state index contributed by atoms with van der Waals surface area (Å²) in [6.45, 7) is 4.02. The van der Waals surface area contributed by atoms with Crippen LogP contribution in [-0.2, 0) is 13.0 Å². The zero-order valence-electron chi connectivity index (χ0n) is 12.3. The second kappa shape index (κ2) is 5.04. The lowest BCUT2D eigenvalue weighted by Crippen LogP contribution is -2.29. The van der Waals surface area contributed by atoms with Gasteiger partial charge in [0, 0.05) is 36.6 Å². The molecule has 4 nitrogen and oxygen atoms in total. The van der Waals surface area contributed by atoms with Gasteiger partial charge in [0.1, 0.15) is 5.75 Å². The number of fused-ring (bicyclic) bond motifs is 2. The molecule has 0 saturated heterocycles. The summed E-state index contributed by atoms with van der Waals surface area (Å²) < 4.78 is 5.34. The summed E-state index contributed by atoms with van der Waals surface area (Å²) in [5, 5.41) is 1.12. The monoisotopic (exact) mass is 271 g/mol. The third kappa shape index (κ3) is 2.15. The third-order valence-electron chi connectivity index (χ3n) is 4.04. The standard InChI is InChI=1S/C16H21N3O/c1-10(17)16-12-8-11(20-3)4-5-14(12)18-15-6-7-19(2)9-13(15)16/h4-5,8,10H,6-7,9,17H2,1-3H3. The first-order valence-corrected chi connectivity index (χ1v) is 7.03. The Bertz CT molecular complexity index is 652. The molecule has 0 aliphatic carbocycles. The predicted molar refractivity (Wildman–Crippen MR) is 80.9 cm³/mol. The summed E-state index contributed by atoms with van der Waals surface area (Å²) in [4.78, 5) is 7.15. The van der Waals surface area contributed by atoms with Crippen molar-refractivity contribution in [1.82, 2.24) is 9.88 Å². The number of nitrogens with two attached hydrogens (primary N) is 1. The van der Waals surface area contributed by atoms with Crippen LogP contribution in [0.1, 0.15) is 29.8 Å². The fourth-order valence-electron chi connectivity index (χ4n) is 3.04. The van der Waals surface area contributed by atoms with Crippen LogP contribution in [0.25, 0.3) is 10.9 Å². The van der Waals surface area contributed by atoms with E-state index in [9.17, 15) is 0 Å². The Kier molecular flexibility index (Phi) is 3.36. The van der Waals surface area contributed by atoms with Crippen molar-refractivity contribution in [1.29, 1.82) is 0 Å². The van der Waals surface area contributed by atoms with E-state index in [-0.39, 0.29) is 6.04 Å². The lowest BCUT2D eigenvalue weighted by Gasteiger charge is -2.28. The van der Waals surface area contributed by atoms with Gasteiger partial charge in [-0.3, -0.25) is 4.98 Å². The van der Waals surface area contributed by atoms with Crippen LogP contribution < -0.4 is 10.5 Å². The van der Waals surface area contributed by atoms with Crippen molar-refractivity contribution in [2.24, 2.45) is 5.73 Å². The van der Waals surface area contributed by atoms with E-state index in [1.165, 1.54) is 16.8 Å². The number of pyridine rings is 1. The van der Waals surface area contributed by atoms with Gasteiger partial charge < -0.3 is 15.4 Å². The molecule has 1 atom stereocenters. The molecule has 106 valence electrons. The second-order valence-electron chi connectivity index (χ2n) is 5.61. The SMILES string of the molecule is COc1ccc2nc3c(c(C(C)N)c2c1)CN(C)CC3. The third-order valence-corrected chi connectivity index (χ3v) is 4.04. The van der Waals surface area contributed by atoms with Crippen LogP contribution in [-0.4, -0.2) is 30.6 Å². The fraction of sp³-hybridized carbons (Fsp3) is 0.438. The number of hydrogen-bond donors (Lipinski definition) is 1. The fourth-order valence-corrected chi connectivity index (χ4v) is 3.04. The van der Waals surface area contributed by atoms with Crippen LogP contribution in [0.3, 0.4) is 0 Å². The number of benzene rings is 1. The zero-order chi connectivity index (χ0) is 14.3. The molecule has 2 N–H and O–H groups in total. The topological polar surface area (TPSA) is 51.4 Å². The van der Waals surface area contributed by atoms with Crippen molar-refractivity contribution in [2.45, 2.75) is 25.9 Å². The minimum absolute atomic E-state index is 0.00661. The molecule has 2 aromatic rings. The number of nitrogens with zero attached hydrogens (tertiary/aromatic N) is 2. The molecule has 0 fully saturated rings. The van der Waals surface area contributed by atoms with Gasteiger partial charge in [-0.25, -0.2) is 0 Å². The van der Waals surface area contributed by atoms with E-state index in [0.717, 1.165) is 36.2 Å². The molecule has 0 saturated carbocycles. The molecular weight excluding hydrogens is 250 g/mol.